The largest absolute Gasteiger partial charge is 0.399 e. The van der Waals surface area contributed by atoms with E-state index in [4.69, 9.17) is 5.73 Å². The lowest BCUT2D eigenvalue weighted by Gasteiger charge is -2.41. The topological polar surface area (TPSA) is 72.2 Å². The molecule has 0 radical (unpaired) electrons. The van der Waals surface area contributed by atoms with Crippen LogP contribution in [0.25, 0.3) is 0 Å². The quantitative estimate of drug-likeness (QED) is 0.803. The minimum absolute atomic E-state index is 0.174. The van der Waals surface area contributed by atoms with Crippen LogP contribution in [0, 0.1) is 5.41 Å². The second-order valence-corrected chi connectivity index (χ2v) is 6.87. The van der Waals surface area contributed by atoms with E-state index in [1.807, 2.05) is 0 Å². The van der Waals surface area contributed by atoms with E-state index < -0.39 is 10.0 Å². The van der Waals surface area contributed by atoms with Crippen LogP contribution in [0.2, 0.25) is 0 Å². The van der Waals surface area contributed by atoms with Crippen LogP contribution in [-0.2, 0) is 10.0 Å². The van der Waals surface area contributed by atoms with Gasteiger partial charge in [-0.15, -0.1) is 0 Å². The number of hydrogen-bond donors (Lipinski definition) is 2. The number of nitrogen functional groups attached to an aromatic ring is 1. The maximum absolute atomic E-state index is 12.1. The zero-order valence-electron chi connectivity index (χ0n) is 10.6. The van der Waals surface area contributed by atoms with Crippen molar-refractivity contribution in [1.29, 1.82) is 0 Å². The molecule has 1 aliphatic carbocycles. The number of sulfonamides is 1. The Morgan fingerprint density at radius 3 is 2.61 bits per heavy atom. The van der Waals surface area contributed by atoms with Gasteiger partial charge in [0.2, 0.25) is 10.0 Å². The zero-order chi connectivity index (χ0) is 13.2. The van der Waals surface area contributed by atoms with Crippen LogP contribution in [0.3, 0.4) is 0 Å². The molecule has 5 heteroatoms. The molecule has 1 fully saturated rings. The van der Waals surface area contributed by atoms with Crippen molar-refractivity contribution in [1.82, 2.24) is 4.72 Å². The van der Waals surface area contributed by atoms with Crippen LogP contribution in [0.5, 0.6) is 0 Å². The van der Waals surface area contributed by atoms with E-state index in [0.29, 0.717) is 12.2 Å². The summed E-state index contributed by atoms with van der Waals surface area (Å²) in [5.74, 6) is 0. The van der Waals surface area contributed by atoms with E-state index in [2.05, 4.69) is 11.6 Å². The van der Waals surface area contributed by atoms with Gasteiger partial charge >= 0.3 is 0 Å². The van der Waals surface area contributed by atoms with Gasteiger partial charge in [-0.05, 0) is 42.9 Å². The first kappa shape index (κ1) is 13.4. The first-order chi connectivity index (χ1) is 8.47. The Balaban J connectivity index is 2.08. The standard InChI is InChI=1S/C13H20N2O2S/c1-2-13(7-4-8-13)10-15-18(16,17)12-6-3-5-11(14)9-12/h3,5-6,9,15H,2,4,7-8,10,14H2,1H3. The fourth-order valence-electron chi connectivity index (χ4n) is 2.35. The average Bonchev–Trinajstić information content (AvgIpc) is 2.28. The molecular formula is C13H20N2O2S. The molecule has 4 nitrogen and oxygen atoms in total. The maximum atomic E-state index is 12.1. The molecule has 0 aromatic heterocycles. The summed E-state index contributed by atoms with van der Waals surface area (Å²) in [5, 5.41) is 0. The Hall–Kier alpha value is -1.07. The molecule has 1 saturated carbocycles. The molecule has 0 spiro atoms. The summed E-state index contributed by atoms with van der Waals surface area (Å²) >= 11 is 0. The van der Waals surface area contributed by atoms with Crippen molar-refractivity contribution in [2.24, 2.45) is 5.41 Å². The number of rotatable bonds is 5. The highest BCUT2D eigenvalue weighted by Crippen LogP contribution is 2.43. The van der Waals surface area contributed by atoms with Crippen LogP contribution < -0.4 is 10.5 Å². The third kappa shape index (κ3) is 2.67. The van der Waals surface area contributed by atoms with E-state index in [0.717, 1.165) is 19.3 Å². The molecule has 1 aromatic rings. The molecule has 1 aromatic carbocycles. The number of benzene rings is 1. The minimum atomic E-state index is -3.43. The predicted molar refractivity (Wildman–Crippen MR) is 72.6 cm³/mol. The fraction of sp³-hybridized carbons (Fsp3) is 0.538. The van der Waals surface area contributed by atoms with Crippen molar-refractivity contribution < 1.29 is 8.42 Å². The van der Waals surface area contributed by atoms with Crippen LogP contribution in [0.4, 0.5) is 5.69 Å². The lowest BCUT2D eigenvalue weighted by Crippen LogP contribution is -2.41. The molecule has 100 valence electrons. The van der Waals surface area contributed by atoms with E-state index in [1.54, 1.807) is 18.2 Å². The molecular weight excluding hydrogens is 248 g/mol. The van der Waals surface area contributed by atoms with Crippen molar-refractivity contribution in [2.75, 3.05) is 12.3 Å². The molecule has 0 bridgehead atoms. The van der Waals surface area contributed by atoms with Gasteiger partial charge in [0.05, 0.1) is 4.90 Å². The minimum Gasteiger partial charge on any atom is -0.399 e. The van der Waals surface area contributed by atoms with Crippen molar-refractivity contribution in [3.63, 3.8) is 0 Å². The van der Waals surface area contributed by atoms with Gasteiger partial charge in [0, 0.05) is 12.2 Å². The monoisotopic (exact) mass is 268 g/mol. The molecule has 0 amide bonds. The van der Waals surface area contributed by atoms with Crippen molar-refractivity contribution in [2.45, 2.75) is 37.5 Å². The summed E-state index contributed by atoms with van der Waals surface area (Å²) in [6.07, 6.45) is 4.45. The van der Waals surface area contributed by atoms with Crippen molar-refractivity contribution in [3.8, 4) is 0 Å². The highest BCUT2D eigenvalue weighted by Gasteiger charge is 2.36. The summed E-state index contributed by atoms with van der Waals surface area (Å²) in [4.78, 5) is 0.244. The van der Waals surface area contributed by atoms with Gasteiger partial charge in [0.25, 0.3) is 0 Å². The molecule has 0 aliphatic heterocycles. The molecule has 0 heterocycles. The first-order valence-electron chi connectivity index (χ1n) is 6.33. The van der Waals surface area contributed by atoms with Crippen LogP contribution in [-0.4, -0.2) is 15.0 Å². The Morgan fingerprint density at radius 2 is 2.11 bits per heavy atom. The smallest absolute Gasteiger partial charge is 0.240 e. The summed E-state index contributed by atoms with van der Waals surface area (Å²) in [5.41, 5.74) is 6.25. The summed E-state index contributed by atoms with van der Waals surface area (Å²) in [6, 6.07) is 6.39. The lowest BCUT2D eigenvalue weighted by atomic mass is 9.67. The lowest BCUT2D eigenvalue weighted by molar-refractivity contribution is 0.133. The number of hydrogen-bond acceptors (Lipinski definition) is 3. The predicted octanol–water partition coefficient (Wildman–Crippen LogP) is 2.13. The summed E-state index contributed by atoms with van der Waals surface area (Å²) < 4.78 is 27.0. The molecule has 0 saturated heterocycles. The third-order valence-corrected chi connectivity index (χ3v) is 5.37. The Bertz CT molecular complexity index is 516. The molecule has 3 N–H and O–H groups in total. The summed E-state index contributed by atoms with van der Waals surface area (Å²) in [6.45, 7) is 2.65. The molecule has 0 unspecified atom stereocenters. The highest BCUT2D eigenvalue weighted by atomic mass is 32.2. The Kier molecular flexibility index (Phi) is 3.64. The SMILES string of the molecule is CCC1(CNS(=O)(=O)c2cccc(N)c2)CCC1. The molecule has 0 atom stereocenters. The van der Waals surface area contributed by atoms with E-state index in [1.165, 1.54) is 12.5 Å². The molecule has 2 rings (SSSR count). The van der Waals surface area contributed by atoms with Gasteiger partial charge in [-0.25, -0.2) is 13.1 Å². The second kappa shape index (κ2) is 4.90. The van der Waals surface area contributed by atoms with Crippen LogP contribution in [0.1, 0.15) is 32.6 Å². The Morgan fingerprint density at radius 1 is 1.39 bits per heavy atom. The fourth-order valence-corrected chi connectivity index (χ4v) is 3.56. The van der Waals surface area contributed by atoms with Gasteiger partial charge in [-0.2, -0.15) is 0 Å². The van der Waals surface area contributed by atoms with Gasteiger partial charge in [-0.1, -0.05) is 19.4 Å². The maximum Gasteiger partial charge on any atom is 0.240 e. The van der Waals surface area contributed by atoms with Crippen molar-refractivity contribution >= 4 is 15.7 Å². The third-order valence-electron chi connectivity index (χ3n) is 3.97. The highest BCUT2D eigenvalue weighted by molar-refractivity contribution is 7.89. The van der Waals surface area contributed by atoms with Crippen molar-refractivity contribution in [3.05, 3.63) is 24.3 Å². The molecule has 1 aliphatic rings. The van der Waals surface area contributed by atoms with Crippen LogP contribution >= 0.6 is 0 Å². The van der Waals surface area contributed by atoms with Gasteiger partial charge < -0.3 is 5.73 Å². The van der Waals surface area contributed by atoms with Gasteiger partial charge in [-0.3, -0.25) is 0 Å². The molecule has 18 heavy (non-hydrogen) atoms. The number of anilines is 1. The first-order valence-corrected chi connectivity index (χ1v) is 7.81. The van der Waals surface area contributed by atoms with E-state index >= 15 is 0 Å². The summed E-state index contributed by atoms with van der Waals surface area (Å²) in [7, 11) is -3.43. The van der Waals surface area contributed by atoms with E-state index in [9.17, 15) is 8.42 Å². The van der Waals surface area contributed by atoms with Gasteiger partial charge in [0.1, 0.15) is 0 Å². The number of nitrogens with one attached hydrogen (secondary N) is 1. The zero-order valence-corrected chi connectivity index (χ0v) is 11.5. The van der Waals surface area contributed by atoms with Crippen LogP contribution in [0.15, 0.2) is 29.2 Å². The normalized spacial score (nSPS) is 18.3. The number of nitrogens with two attached hydrogens (primary N) is 1. The van der Waals surface area contributed by atoms with Gasteiger partial charge in [0.15, 0.2) is 0 Å². The van der Waals surface area contributed by atoms with E-state index in [-0.39, 0.29) is 10.3 Å². The average molecular weight is 268 g/mol. The Labute approximate surface area is 109 Å². The second-order valence-electron chi connectivity index (χ2n) is 5.10.